The van der Waals surface area contributed by atoms with Crippen LogP contribution in [0.25, 0.3) is 5.65 Å². The van der Waals surface area contributed by atoms with Crippen molar-refractivity contribution in [1.82, 2.24) is 24.8 Å². The summed E-state index contributed by atoms with van der Waals surface area (Å²) >= 11 is 0. The van der Waals surface area contributed by atoms with Crippen molar-refractivity contribution in [1.29, 1.82) is 0 Å². The van der Waals surface area contributed by atoms with Gasteiger partial charge < -0.3 is 16.0 Å². The van der Waals surface area contributed by atoms with Crippen molar-refractivity contribution < 1.29 is 26.7 Å². The van der Waals surface area contributed by atoms with E-state index < -0.39 is 48.6 Å². The van der Waals surface area contributed by atoms with E-state index in [1.54, 1.807) is 12.3 Å². The molecule has 0 spiro atoms. The first-order valence-electron chi connectivity index (χ1n) is 9.64. The average Bonchev–Trinajstić information content (AvgIpc) is 3.18. The van der Waals surface area contributed by atoms with Crippen LogP contribution in [0.4, 0.5) is 26.7 Å². The number of nitrogens with two attached hydrogens (primary N) is 1. The van der Waals surface area contributed by atoms with E-state index in [4.69, 9.17) is 5.73 Å². The molecule has 0 aromatic carbocycles. The van der Waals surface area contributed by atoms with Crippen molar-refractivity contribution in [2.45, 2.75) is 43.6 Å². The molecule has 2 aliphatic carbocycles. The van der Waals surface area contributed by atoms with Gasteiger partial charge in [0, 0.05) is 18.4 Å². The Balaban J connectivity index is 1.28. The van der Waals surface area contributed by atoms with Crippen molar-refractivity contribution in [3.63, 3.8) is 0 Å². The predicted molar refractivity (Wildman–Crippen MR) is 93.4 cm³/mol. The molecule has 30 heavy (non-hydrogen) atoms. The fraction of sp³-hybridized carbons (Fsp3) is 0.611. The van der Waals surface area contributed by atoms with E-state index in [2.05, 4.69) is 10.1 Å². The van der Waals surface area contributed by atoms with E-state index in [1.807, 2.05) is 5.32 Å². The van der Waals surface area contributed by atoms with Crippen LogP contribution in [0, 0.1) is 17.8 Å². The van der Waals surface area contributed by atoms with Crippen LogP contribution in [0.1, 0.15) is 30.1 Å². The number of hydrogen-bond acceptors (Lipinski definition) is 4. The van der Waals surface area contributed by atoms with Gasteiger partial charge in [0.25, 0.3) is 5.92 Å². The lowest BCUT2D eigenvalue weighted by molar-refractivity contribution is -0.149. The van der Waals surface area contributed by atoms with Crippen molar-refractivity contribution in [2.24, 2.45) is 23.5 Å². The number of alkyl halides is 5. The highest BCUT2D eigenvalue weighted by molar-refractivity contribution is 5.77. The van der Waals surface area contributed by atoms with Gasteiger partial charge in [-0.1, -0.05) is 0 Å². The summed E-state index contributed by atoms with van der Waals surface area (Å²) in [4.78, 5) is 17.3. The number of hydrogen-bond donors (Lipinski definition) is 2. The van der Waals surface area contributed by atoms with E-state index in [9.17, 15) is 26.7 Å². The zero-order valence-corrected chi connectivity index (χ0v) is 15.6. The zero-order chi connectivity index (χ0) is 21.4. The second-order valence-corrected chi connectivity index (χ2v) is 8.40. The van der Waals surface area contributed by atoms with Gasteiger partial charge in [-0.25, -0.2) is 23.1 Å². The highest BCUT2D eigenvalue weighted by atomic mass is 19.4. The Morgan fingerprint density at radius 3 is 2.63 bits per heavy atom. The normalized spacial score (nSPS) is 31.1. The number of amides is 2. The van der Waals surface area contributed by atoms with Gasteiger partial charge in [-0.05, 0) is 30.4 Å². The Bertz CT molecular complexity index is 993. The second kappa shape index (κ2) is 6.25. The number of halogens is 5. The lowest BCUT2D eigenvalue weighted by atomic mass is 9.93. The van der Waals surface area contributed by atoms with Gasteiger partial charge in [0.1, 0.15) is 6.04 Å². The standard InChI is InChI=1S/C18H19F5N6O/c19-17(20)10-2-9(3-11(10)17)15(24)12-6-29-14(26-12)1-8(4-25-29)5-28-7-13(18(21,22)23)27-16(28)30/h1,4,6,9-11,13,15H,2-3,5,7,24H2,(H,27,30)/t9?,10?,11?,13-,15-/m0/s1. The van der Waals surface area contributed by atoms with E-state index in [1.165, 1.54) is 10.7 Å². The average molecular weight is 430 g/mol. The minimum atomic E-state index is -4.51. The van der Waals surface area contributed by atoms with Gasteiger partial charge in [-0.3, -0.25) is 0 Å². The third-order valence-corrected chi connectivity index (χ3v) is 6.48. The maximum absolute atomic E-state index is 13.4. The molecule has 0 radical (unpaired) electrons. The van der Waals surface area contributed by atoms with E-state index in [0.717, 1.165) is 4.90 Å². The van der Waals surface area contributed by atoms with Crippen molar-refractivity contribution >= 4 is 11.7 Å². The molecule has 3 fully saturated rings. The van der Waals surface area contributed by atoms with E-state index >= 15 is 0 Å². The maximum atomic E-state index is 13.4. The Hall–Kier alpha value is -2.50. The first-order valence-corrected chi connectivity index (χ1v) is 9.64. The summed E-state index contributed by atoms with van der Waals surface area (Å²) in [6.07, 6.45) is -0.686. The molecule has 3 heterocycles. The Morgan fingerprint density at radius 1 is 1.30 bits per heavy atom. The molecule has 4 atom stereocenters. The third kappa shape index (κ3) is 3.08. The molecule has 12 heteroatoms. The van der Waals surface area contributed by atoms with Crippen LogP contribution >= 0.6 is 0 Å². The number of carbonyl (C=O) groups excluding carboxylic acids is 1. The minimum Gasteiger partial charge on any atom is -0.324 e. The van der Waals surface area contributed by atoms with Crippen LogP contribution in [0.2, 0.25) is 0 Å². The molecule has 5 rings (SSSR count). The topological polar surface area (TPSA) is 88.5 Å². The number of carbonyl (C=O) groups is 1. The number of imidazole rings is 1. The summed E-state index contributed by atoms with van der Waals surface area (Å²) < 4.78 is 66.7. The molecule has 1 saturated heterocycles. The smallest absolute Gasteiger partial charge is 0.324 e. The SMILES string of the molecule is N[C@H](c1cn2ncc(CN3C[C@@H](C(F)(F)F)NC3=O)cc2n1)C1CC2C(C1)C2(F)F. The number of urea groups is 1. The Labute approximate surface area is 167 Å². The molecular weight excluding hydrogens is 411 g/mol. The molecular formula is C18H19F5N6O. The quantitative estimate of drug-likeness (QED) is 0.730. The first kappa shape index (κ1) is 19.5. The molecule has 1 aliphatic heterocycles. The van der Waals surface area contributed by atoms with Gasteiger partial charge in [0.05, 0.1) is 30.7 Å². The van der Waals surface area contributed by atoms with Crippen LogP contribution in [0.5, 0.6) is 0 Å². The number of fused-ring (bicyclic) bond motifs is 2. The van der Waals surface area contributed by atoms with E-state index in [-0.39, 0.29) is 12.5 Å². The van der Waals surface area contributed by atoms with Crippen LogP contribution < -0.4 is 11.1 Å². The van der Waals surface area contributed by atoms with Gasteiger partial charge in [0.15, 0.2) is 5.65 Å². The van der Waals surface area contributed by atoms with E-state index in [0.29, 0.717) is 29.7 Å². The number of aromatic nitrogens is 3. The maximum Gasteiger partial charge on any atom is 0.410 e. The Morgan fingerprint density at radius 2 is 2.00 bits per heavy atom. The highest BCUT2D eigenvalue weighted by Crippen LogP contribution is 2.66. The van der Waals surface area contributed by atoms with Crippen LogP contribution in [0.15, 0.2) is 18.5 Å². The first-order chi connectivity index (χ1) is 14.0. The number of nitrogens with one attached hydrogen (secondary N) is 1. The van der Waals surface area contributed by atoms with Gasteiger partial charge >= 0.3 is 12.2 Å². The molecule has 2 saturated carbocycles. The monoisotopic (exact) mass is 430 g/mol. The van der Waals surface area contributed by atoms with Crippen molar-refractivity contribution in [2.75, 3.05) is 6.54 Å². The zero-order valence-electron chi connectivity index (χ0n) is 15.6. The van der Waals surface area contributed by atoms with Crippen molar-refractivity contribution in [3.05, 3.63) is 29.7 Å². The molecule has 2 amide bonds. The summed E-state index contributed by atoms with van der Waals surface area (Å²) in [5.41, 5.74) is 7.75. The molecule has 2 unspecified atom stereocenters. The summed E-state index contributed by atoms with van der Waals surface area (Å²) in [6.45, 7) is -0.524. The van der Waals surface area contributed by atoms with Crippen LogP contribution in [0.3, 0.4) is 0 Å². The Kier molecular flexibility index (Phi) is 4.06. The number of nitrogens with zero attached hydrogens (tertiary/aromatic N) is 4. The second-order valence-electron chi connectivity index (χ2n) is 8.40. The molecule has 7 nitrogen and oxygen atoms in total. The highest BCUT2D eigenvalue weighted by Gasteiger charge is 2.71. The van der Waals surface area contributed by atoms with Crippen LogP contribution in [-0.2, 0) is 6.54 Å². The van der Waals surface area contributed by atoms with Crippen molar-refractivity contribution in [3.8, 4) is 0 Å². The summed E-state index contributed by atoms with van der Waals surface area (Å²) in [5.74, 6) is -3.79. The largest absolute Gasteiger partial charge is 0.410 e. The molecule has 3 aliphatic rings. The molecule has 162 valence electrons. The molecule has 3 N–H and O–H groups in total. The summed E-state index contributed by atoms with van der Waals surface area (Å²) in [5, 5.41) is 6.11. The molecule has 0 bridgehead atoms. The third-order valence-electron chi connectivity index (χ3n) is 6.48. The lowest BCUT2D eigenvalue weighted by Crippen LogP contribution is -2.40. The fourth-order valence-electron chi connectivity index (χ4n) is 4.70. The molecule has 2 aromatic heterocycles. The van der Waals surface area contributed by atoms with Gasteiger partial charge in [0.2, 0.25) is 0 Å². The van der Waals surface area contributed by atoms with Gasteiger partial charge in [-0.2, -0.15) is 18.3 Å². The predicted octanol–water partition coefficient (Wildman–Crippen LogP) is 2.48. The van der Waals surface area contributed by atoms with Gasteiger partial charge in [-0.15, -0.1) is 0 Å². The molecule has 2 aromatic rings. The number of rotatable bonds is 4. The lowest BCUT2D eigenvalue weighted by Gasteiger charge is -2.19. The van der Waals surface area contributed by atoms with Crippen LogP contribution in [-0.4, -0.2) is 50.2 Å². The summed E-state index contributed by atoms with van der Waals surface area (Å²) in [6, 6.07) is -1.56. The summed E-state index contributed by atoms with van der Waals surface area (Å²) in [7, 11) is 0. The minimum absolute atomic E-state index is 0.0444. The fourth-order valence-corrected chi connectivity index (χ4v) is 4.70.